The maximum Gasteiger partial charge on any atom is 0.134 e. The second kappa shape index (κ2) is 5.74. The van der Waals surface area contributed by atoms with Crippen LogP contribution in [0, 0.1) is 6.92 Å². The van der Waals surface area contributed by atoms with Crippen LogP contribution in [-0.4, -0.2) is 47.6 Å². The molecule has 5 heteroatoms. The van der Waals surface area contributed by atoms with Crippen molar-refractivity contribution in [3.8, 4) is 0 Å². The Hall–Kier alpha value is -1.36. The Kier molecular flexibility index (Phi) is 4.24. The molecule has 1 aromatic rings. The van der Waals surface area contributed by atoms with Gasteiger partial charge in [0.25, 0.3) is 0 Å². The Morgan fingerprint density at radius 3 is 2.32 bits per heavy atom. The van der Waals surface area contributed by atoms with Crippen LogP contribution in [0.3, 0.4) is 0 Å². The van der Waals surface area contributed by atoms with Crippen molar-refractivity contribution < 1.29 is 0 Å². The Morgan fingerprint density at radius 1 is 1.21 bits per heavy atom. The molecule has 0 amide bonds. The molecule has 0 aliphatic heterocycles. The van der Waals surface area contributed by atoms with Gasteiger partial charge in [0.2, 0.25) is 0 Å². The summed E-state index contributed by atoms with van der Waals surface area (Å²) in [6.07, 6.45) is 5.47. The molecule has 1 fully saturated rings. The van der Waals surface area contributed by atoms with E-state index in [4.69, 9.17) is 0 Å². The lowest BCUT2D eigenvalue weighted by atomic mass is 9.75. The predicted molar refractivity (Wildman–Crippen MR) is 79.7 cm³/mol. The molecule has 1 aliphatic rings. The molecule has 5 nitrogen and oxygen atoms in total. The first kappa shape index (κ1) is 14.1. The topological polar surface area (TPSA) is 53.1 Å². The average Bonchev–Trinajstić information content (AvgIpc) is 2.32. The van der Waals surface area contributed by atoms with Gasteiger partial charge in [0.15, 0.2) is 0 Å². The van der Waals surface area contributed by atoms with Gasteiger partial charge in [-0.3, -0.25) is 0 Å². The van der Waals surface area contributed by atoms with Crippen LogP contribution in [0.1, 0.15) is 31.7 Å². The van der Waals surface area contributed by atoms with Crippen molar-refractivity contribution in [1.29, 1.82) is 0 Å². The molecule has 1 aliphatic carbocycles. The Balaban J connectivity index is 2.05. The first-order valence-corrected chi connectivity index (χ1v) is 7.06. The van der Waals surface area contributed by atoms with Crippen LogP contribution in [0.2, 0.25) is 0 Å². The van der Waals surface area contributed by atoms with Crippen LogP contribution in [0.5, 0.6) is 0 Å². The molecule has 0 radical (unpaired) electrons. The number of anilines is 2. The molecule has 1 aromatic heterocycles. The van der Waals surface area contributed by atoms with Crippen LogP contribution in [0.4, 0.5) is 11.6 Å². The highest BCUT2D eigenvalue weighted by molar-refractivity contribution is 5.56. The molecule has 2 rings (SSSR count). The van der Waals surface area contributed by atoms with E-state index in [9.17, 15) is 0 Å². The second-order valence-electron chi connectivity index (χ2n) is 5.55. The third-order valence-corrected chi connectivity index (χ3v) is 4.25. The van der Waals surface area contributed by atoms with Gasteiger partial charge in [-0.2, -0.15) is 0 Å². The third-order valence-electron chi connectivity index (χ3n) is 4.25. The van der Waals surface area contributed by atoms with Crippen molar-refractivity contribution in [3.05, 3.63) is 11.9 Å². The molecule has 106 valence electrons. The summed E-state index contributed by atoms with van der Waals surface area (Å²) in [5, 5.41) is 6.77. The molecule has 1 saturated carbocycles. The zero-order valence-corrected chi connectivity index (χ0v) is 12.5. The summed E-state index contributed by atoms with van der Waals surface area (Å²) in [5.74, 6) is 1.87. The van der Waals surface area contributed by atoms with Crippen LogP contribution >= 0.6 is 0 Å². The van der Waals surface area contributed by atoms with E-state index in [1.54, 1.807) is 6.33 Å². The maximum absolute atomic E-state index is 4.36. The van der Waals surface area contributed by atoms with Crippen molar-refractivity contribution in [2.45, 2.75) is 38.6 Å². The minimum atomic E-state index is 0.301. The zero-order chi connectivity index (χ0) is 13.9. The van der Waals surface area contributed by atoms with Crippen LogP contribution in [0.25, 0.3) is 0 Å². The van der Waals surface area contributed by atoms with Gasteiger partial charge in [-0.05, 0) is 47.2 Å². The highest BCUT2D eigenvalue weighted by Crippen LogP contribution is 2.36. The van der Waals surface area contributed by atoms with E-state index in [0.29, 0.717) is 5.54 Å². The normalized spacial score (nSPS) is 17.1. The Bertz CT molecular complexity index is 426. The van der Waals surface area contributed by atoms with Crippen LogP contribution in [0.15, 0.2) is 6.33 Å². The summed E-state index contributed by atoms with van der Waals surface area (Å²) < 4.78 is 0. The minimum Gasteiger partial charge on any atom is -0.370 e. The van der Waals surface area contributed by atoms with Crippen molar-refractivity contribution >= 4 is 11.6 Å². The van der Waals surface area contributed by atoms with Gasteiger partial charge in [-0.15, -0.1) is 0 Å². The first-order chi connectivity index (χ1) is 9.09. The van der Waals surface area contributed by atoms with E-state index in [0.717, 1.165) is 30.3 Å². The van der Waals surface area contributed by atoms with E-state index in [-0.39, 0.29) is 0 Å². The van der Waals surface area contributed by atoms with Gasteiger partial charge in [0.1, 0.15) is 18.0 Å². The molecular formula is C14H25N5. The molecule has 0 bridgehead atoms. The van der Waals surface area contributed by atoms with Crippen LogP contribution in [-0.2, 0) is 0 Å². The highest BCUT2D eigenvalue weighted by Gasteiger charge is 2.38. The fourth-order valence-corrected chi connectivity index (χ4v) is 2.59. The SMILES string of the molecule is CCNc1ncnc(NCC2(N(C)C)CCC2)c1C. The lowest BCUT2D eigenvalue weighted by Crippen LogP contribution is -2.54. The molecule has 1 heterocycles. The largest absolute Gasteiger partial charge is 0.370 e. The summed E-state index contributed by atoms with van der Waals surface area (Å²) >= 11 is 0. The summed E-state index contributed by atoms with van der Waals surface area (Å²) in [6, 6.07) is 0. The number of rotatable bonds is 6. The Labute approximate surface area is 115 Å². The minimum absolute atomic E-state index is 0.301. The van der Waals surface area contributed by atoms with Crippen molar-refractivity contribution in [2.75, 3.05) is 37.8 Å². The van der Waals surface area contributed by atoms with E-state index in [1.807, 2.05) is 0 Å². The summed E-state index contributed by atoms with van der Waals surface area (Å²) in [6.45, 7) is 5.95. The molecule has 0 saturated heterocycles. The number of likely N-dealkylation sites (N-methyl/N-ethyl adjacent to an activating group) is 1. The quantitative estimate of drug-likeness (QED) is 0.823. The van der Waals surface area contributed by atoms with E-state index in [1.165, 1.54) is 19.3 Å². The Morgan fingerprint density at radius 2 is 1.84 bits per heavy atom. The van der Waals surface area contributed by atoms with Crippen molar-refractivity contribution in [1.82, 2.24) is 14.9 Å². The van der Waals surface area contributed by atoms with Gasteiger partial charge in [-0.25, -0.2) is 9.97 Å². The lowest BCUT2D eigenvalue weighted by molar-refractivity contribution is 0.0738. The van der Waals surface area contributed by atoms with Crippen molar-refractivity contribution in [3.63, 3.8) is 0 Å². The van der Waals surface area contributed by atoms with E-state index in [2.05, 4.69) is 53.4 Å². The first-order valence-electron chi connectivity index (χ1n) is 7.06. The fourth-order valence-electron chi connectivity index (χ4n) is 2.59. The van der Waals surface area contributed by atoms with E-state index < -0.39 is 0 Å². The summed E-state index contributed by atoms with van der Waals surface area (Å²) in [7, 11) is 4.33. The number of hydrogen-bond acceptors (Lipinski definition) is 5. The van der Waals surface area contributed by atoms with Crippen molar-refractivity contribution in [2.24, 2.45) is 0 Å². The molecule has 2 N–H and O–H groups in total. The number of nitrogens with zero attached hydrogens (tertiary/aromatic N) is 3. The number of aromatic nitrogens is 2. The monoisotopic (exact) mass is 263 g/mol. The van der Waals surface area contributed by atoms with Crippen LogP contribution < -0.4 is 10.6 Å². The van der Waals surface area contributed by atoms with Gasteiger partial charge >= 0.3 is 0 Å². The summed E-state index contributed by atoms with van der Waals surface area (Å²) in [4.78, 5) is 11.0. The maximum atomic E-state index is 4.36. The van der Waals surface area contributed by atoms with Gasteiger partial charge in [-0.1, -0.05) is 0 Å². The smallest absolute Gasteiger partial charge is 0.134 e. The molecule has 0 unspecified atom stereocenters. The van der Waals surface area contributed by atoms with Gasteiger partial charge < -0.3 is 15.5 Å². The van der Waals surface area contributed by atoms with E-state index >= 15 is 0 Å². The predicted octanol–water partition coefficient (Wildman–Crippen LogP) is 2.11. The van der Waals surface area contributed by atoms with Gasteiger partial charge in [0.05, 0.1) is 0 Å². The highest BCUT2D eigenvalue weighted by atomic mass is 15.2. The number of nitrogens with one attached hydrogen (secondary N) is 2. The molecule has 0 atom stereocenters. The summed E-state index contributed by atoms with van der Waals surface area (Å²) in [5.41, 5.74) is 1.40. The molecule has 0 aromatic carbocycles. The second-order valence-corrected chi connectivity index (χ2v) is 5.55. The zero-order valence-electron chi connectivity index (χ0n) is 12.5. The lowest BCUT2D eigenvalue weighted by Gasteiger charge is -2.47. The molecule has 19 heavy (non-hydrogen) atoms. The standard InChI is InChI=1S/C14H25N5/c1-5-15-12-11(2)13(18-10-17-12)16-9-14(19(3)4)7-6-8-14/h10H,5-9H2,1-4H3,(H2,15,16,17,18). The third kappa shape index (κ3) is 2.81. The molecular weight excluding hydrogens is 238 g/mol. The van der Waals surface area contributed by atoms with Gasteiger partial charge in [0, 0.05) is 24.2 Å². The average molecular weight is 263 g/mol. The molecule has 0 spiro atoms. The fraction of sp³-hybridized carbons (Fsp3) is 0.714. The number of hydrogen-bond donors (Lipinski definition) is 2.